The third-order valence-corrected chi connectivity index (χ3v) is 6.78. The van der Waals surface area contributed by atoms with Crippen LogP contribution in [0.4, 0.5) is 11.5 Å². The zero-order valence-electron chi connectivity index (χ0n) is 18.7. The third kappa shape index (κ3) is 6.33. The lowest BCUT2D eigenvalue weighted by Crippen LogP contribution is -2.47. The summed E-state index contributed by atoms with van der Waals surface area (Å²) in [7, 11) is 0. The molecule has 0 unspecified atom stereocenters. The lowest BCUT2D eigenvalue weighted by molar-refractivity contribution is 0.0364. The molecule has 0 radical (unpaired) electrons. The maximum atomic E-state index is 11.9. The number of carbonyl (C=O) groups is 1. The summed E-state index contributed by atoms with van der Waals surface area (Å²) in [5.74, 6) is 1.22. The van der Waals surface area contributed by atoms with Crippen LogP contribution in [0.3, 0.4) is 0 Å². The minimum Gasteiger partial charge on any atom is -0.367 e. The Balaban J connectivity index is 1.35. The normalized spacial score (nSPS) is 13.7. The fourth-order valence-corrected chi connectivity index (χ4v) is 4.89. The number of piperazine rings is 1. The quantitative estimate of drug-likeness (QED) is 0.193. The maximum absolute atomic E-state index is 11.9. The zero-order valence-corrected chi connectivity index (χ0v) is 21.0. The molecule has 34 heavy (non-hydrogen) atoms. The van der Waals surface area contributed by atoms with Gasteiger partial charge in [0.05, 0.1) is 17.3 Å². The molecule has 4 rings (SSSR count). The number of halogens is 2. The van der Waals surface area contributed by atoms with Gasteiger partial charge in [-0.05, 0) is 36.8 Å². The van der Waals surface area contributed by atoms with E-state index in [4.69, 9.17) is 33.0 Å². The Morgan fingerprint density at radius 2 is 1.74 bits per heavy atom. The molecule has 1 fully saturated rings. The predicted octanol–water partition coefficient (Wildman–Crippen LogP) is 5.08. The van der Waals surface area contributed by atoms with Crippen LogP contribution >= 0.6 is 35.0 Å². The molecule has 0 saturated carbocycles. The zero-order chi connectivity index (χ0) is 23.9. The lowest BCUT2D eigenvalue weighted by atomic mass is 10.1. The van der Waals surface area contributed by atoms with Crippen LogP contribution in [0.25, 0.3) is 0 Å². The van der Waals surface area contributed by atoms with Crippen LogP contribution in [0.5, 0.6) is 0 Å². The second-order valence-corrected chi connectivity index (χ2v) is 9.34. The average molecular weight is 518 g/mol. The van der Waals surface area contributed by atoms with Crippen molar-refractivity contribution in [2.75, 3.05) is 42.6 Å². The summed E-state index contributed by atoms with van der Waals surface area (Å²) in [6, 6.07) is 17.1. The molecule has 7 nitrogen and oxygen atoms in total. The number of thioether (sulfide) groups is 1. The van der Waals surface area contributed by atoms with Gasteiger partial charge in [0.25, 0.3) is 5.91 Å². The summed E-state index contributed by atoms with van der Waals surface area (Å²) in [6.45, 7) is 5.54. The molecule has 1 amide bonds. The lowest BCUT2D eigenvalue weighted by Gasteiger charge is -2.37. The van der Waals surface area contributed by atoms with Gasteiger partial charge in [-0.3, -0.25) is 9.63 Å². The Hall–Kier alpha value is -2.52. The minimum absolute atomic E-state index is 0.265. The van der Waals surface area contributed by atoms with E-state index in [-0.39, 0.29) is 5.91 Å². The second-order valence-electron chi connectivity index (χ2n) is 7.61. The molecule has 1 aliphatic heterocycles. The van der Waals surface area contributed by atoms with Gasteiger partial charge >= 0.3 is 0 Å². The number of benzene rings is 2. The first kappa shape index (κ1) is 24.6. The van der Waals surface area contributed by atoms with E-state index in [1.54, 1.807) is 12.1 Å². The fraction of sp³-hybridized carbons (Fsp3) is 0.292. The molecule has 1 aromatic heterocycles. The summed E-state index contributed by atoms with van der Waals surface area (Å²) in [4.78, 5) is 30.5. The van der Waals surface area contributed by atoms with Crippen LogP contribution in [-0.4, -0.2) is 48.7 Å². The van der Waals surface area contributed by atoms with Crippen molar-refractivity contribution < 1.29 is 9.63 Å². The van der Waals surface area contributed by atoms with Gasteiger partial charge in [0.2, 0.25) is 0 Å². The molecule has 178 valence electrons. The molecule has 2 aromatic carbocycles. The van der Waals surface area contributed by atoms with Gasteiger partial charge in [0.1, 0.15) is 11.0 Å². The van der Waals surface area contributed by atoms with Crippen LogP contribution in [0, 0.1) is 0 Å². The minimum atomic E-state index is -0.265. The Bertz CT molecular complexity index is 1120. The van der Waals surface area contributed by atoms with E-state index in [1.165, 1.54) is 11.8 Å². The molecular weight excluding hydrogens is 493 g/mol. The van der Waals surface area contributed by atoms with E-state index in [2.05, 4.69) is 20.3 Å². The first-order valence-corrected chi connectivity index (χ1v) is 12.7. The van der Waals surface area contributed by atoms with Crippen LogP contribution < -0.4 is 15.3 Å². The highest BCUT2D eigenvalue weighted by molar-refractivity contribution is 7.98. The number of rotatable bonds is 8. The van der Waals surface area contributed by atoms with E-state index in [0.29, 0.717) is 28.2 Å². The van der Waals surface area contributed by atoms with Crippen molar-refractivity contribution in [3.63, 3.8) is 0 Å². The smallest absolute Gasteiger partial charge is 0.274 e. The summed E-state index contributed by atoms with van der Waals surface area (Å²) in [5, 5.41) is 1.81. The van der Waals surface area contributed by atoms with Gasteiger partial charge < -0.3 is 9.80 Å². The van der Waals surface area contributed by atoms with E-state index in [1.807, 2.05) is 49.4 Å². The predicted molar refractivity (Wildman–Crippen MR) is 138 cm³/mol. The summed E-state index contributed by atoms with van der Waals surface area (Å²) in [6.07, 6.45) is 0. The Kier molecular flexibility index (Phi) is 8.50. The fourth-order valence-electron chi connectivity index (χ4n) is 3.59. The van der Waals surface area contributed by atoms with Crippen molar-refractivity contribution in [2.24, 2.45) is 0 Å². The number of aromatic nitrogens is 2. The van der Waals surface area contributed by atoms with Crippen molar-refractivity contribution in [3.05, 3.63) is 75.9 Å². The number of amides is 1. The molecule has 0 aliphatic carbocycles. The number of nitrogens with one attached hydrogen (secondary N) is 1. The molecule has 1 N–H and O–H groups in total. The van der Waals surface area contributed by atoms with Gasteiger partial charge in [-0.25, -0.2) is 15.4 Å². The first-order valence-electron chi connectivity index (χ1n) is 11.0. The Morgan fingerprint density at radius 1 is 1.03 bits per heavy atom. The number of hydrogen-bond donors (Lipinski definition) is 1. The second kappa shape index (κ2) is 11.8. The van der Waals surface area contributed by atoms with Crippen molar-refractivity contribution in [1.29, 1.82) is 0 Å². The van der Waals surface area contributed by atoms with E-state index < -0.39 is 0 Å². The monoisotopic (exact) mass is 517 g/mol. The highest BCUT2D eigenvalue weighted by Gasteiger charge is 2.21. The number of carbonyl (C=O) groups excluding carboxylic acids is 1. The van der Waals surface area contributed by atoms with E-state index in [9.17, 15) is 4.79 Å². The van der Waals surface area contributed by atoms with Crippen molar-refractivity contribution in [1.82, 2.24) is 15.4 Å². The highest BCUT2D eigenvalue weighted by atomic mass is 35.5. The average Bonchev–Trinajstić information content (AvgIpc) is 2.86. The van der Waals surface area contributed by atoms with Crippen molar-refractivity contribution in [3.8, 4) is 0 Å². The number of hydrogen-bond acceptors (Lipinski definition) is 7. The molecular formula is C24H25Cl2N5O2S. The number of para-hydroxylation sites is 1. The van der Waals surface area contributed by atoms with E-state index in [0.717, 1.165) is 48.3 Å². The highest BCUT2D eigenvalue weighted by Crippen LogP contribution is 2.28. The van der Waals surface area contributed by atoms with Gasteiger partial charge in [0.15, 0.2) is 5.16 Å². The largest absolute Gasteiger partial charge is 0.367 e. The van der Waals surface area contributed by atoms with E-state index >= 15 is 0 Å². The van der Waals surface area contributed by atoms with Gasteiger partial charge in [-0.15, -0.1) is 0 Å². The van der Waals surface area contributed by atoms with Gasteiger partial charge in [-0.1, -0.05) is 59.2 Å². The molecule has 0 spiro atoms. The summed E-state index contributed by atoms with van der Waals surface area (Å²) < 4.78 is 0. The van der Waals surface area contributed by atoms with Crippen LogP contribution in [0.1, 0.15) is 22.8 Å². The number of hydroxylamine groups is 1. The topological polar surface area (TPSA) is 70.6 Å². The van der Waals surface area contributed by atoms with Gasteiger partial charge in [0, 0.05) is 43.6 Å². The van der Waals surface area contributed by atoms with Crippen LogP contribution in [-0.2, 0) is 10.6 Å². The SMILES string of the molecule is CCONC(=O)c1ccc(CSc2nc(Cl)cc(N3CCN(c4ccccc4Cl)CC3)n2)cc1. The third-order valence-electron chi connectivity index (χ3n) is 5.35. The molecule has 1 saturated heterocycles. The summed E-state index contributed by atoms with van der Waals surface area (Å²) in [5.41, 5.74) is 5.04. The molecule has 1 aliphatic rings. The Morgan fingerprint density at radius 3 is 2.44 bits per heavy atom. The summed E-state index contributed by atoms with van der Waals surface area (Å²) >= 11 is 14.2. The standard InChI is InChI=1S/C24H25Cl2N5O2S/c1-2-33-29-23(32)18-9-7-17(8-10-18)16-34-24-27-21(26)15-22(28-24)31-13-11-30(12-14-31)20-6-4-3-5-19(20)25/h3-10,15H,2,11-14,16H2,1H3,(H,29,32). The molecule has 2 heterocycles. The molecule has 3 aromatic rings. The van der Waals surface area contributed by atoms with Crippen molar-refractivity contribution >= 4 is 52.4 Å². The van der Waals surface area contributed by atoms with Crippen LogP contribution in [0.15, 0.2) is 59.8 Å². The number of anilines is 2. The van der Waals surface area contributed by atoms with Crippen LogP contribution in [0.2, 0.25) is 10.2 Å². The van der Waals surface area contributed by atoms with Crippen molar-refractivity contribution in [2.45, 2.75) is 17.8 Å². The molecule has 0 atom stereocenters. The molecule has 10 heteroatoms. The number of nitrogens with zero attached hydrogens (tertiary/aromatic N) is 4. The van der Waals surface area contributed by atoms with Gasteiger partial charge in [-0.2, -0.15) is 0 Å². The maximum Gasteiger partial charge on any atom is 0.274 e. The molecule has 0 bridgehead atoms. The first-order chi connectivity index (χ1) is 16.5. The Labute approximate surface area is 213 Å².